The van der Waals surface area contributed by atoms with Crippen molar-refractivity contribution in [2.45, 2.75) is 19.3 Å². The van der Waals surface area contributed by atoms with Crippen LogP contribution in [0.2, 0.25) is 0 Å². The van der Waals surface area contributed by atoms with E-state index in [1.807, 2.05) is 59.5 Å². The Labute approximate surface area is 152 Å². The van der Waals surface area contributed by atoms with Crippen LogP contribution in [-0.2, 0) is 4.79 Å². The van der Waals surface area contributed by atoms with E-state index in [0.29, 0.717) is 18.7 Å². The van der Waals surface area contributed by atoms with Crippen molar-refractivity contribution in [2.24, 2.45) is 11.3 Å². The van der Waals surface area contributed by atoms with Crippen LogP contribution in [0.25, 0.3) is 0 Å². The summed E-state index contributed by atoms with van der Waals surface area (Å²) in [6, 6.07) is 17.3. The number of anilines is 2. The third-order valence-electron chi connectivity index (χ3n) is 5.74. The van der Waals surface area contributed by atoms with Gasteiger partial charge in [0.2, 0.25) is 0 Å². The van der Waals surface area contributed by atoms with Crippen molar-refractivity contribution in [3.8, 4) is 0 Å². The zero-order valence-corrected chi connectivity index (χ0v) is 14.5. The average molecular weight is 350 g/mol. The smallest absolute Gasteiger partial charge is 0.307 e. The molecule has 26 heavy (non-hydrogen) atoms. The lowest BCUT2D eigenvalue weighted by molar-refractivity contribution is -0.139. The number of nitrogens with one attached hydrogen (secondary N) is 1. The summed E-state index contributed by atoms with van der Waals surface area (Å²) >= 11 is 0. The summed E-state index contributed by atoms with van der Waals surface area (Å²) in [5.74, 6) is -0.902. The molecule has 2 N–H and O–H groups in total. The average Bonchev–Trinajstić information content (AvgIpc) is 3.37. The molecule has 2 aromatic rings. The molecule has 1 saturated carbocycles. The molecule has 4 rings (SSSR count). The third kappa shape index (κ3) is 3.05. The quantitative estimate of drug-likeness (QED) is 0.881. The second-order valence-corrected chi connectivity index (χ2v) is 7.29. The Bertz CT molecular complexity index is 826. The second kappa shape index (κ2) is 6.48. The van der Waals surface area contributed by atoms with E-state index in [-0.39, 0.29) is 17.2 Å². The van der Waals surface area contributed by atoms with Crippen LogP contribution in [0, 0.1) is 11.3 Å². The first-order valence-corrected chi connectivity index (χ1v) is 9.02. The number of carbonyl (C=O) groups is 2. The van der Waals surface area contributed by atoms with E-state index in [4.69, 9.17) is 0 Å². The number of aliphatic carboxylic acids is 1. The van der Waals surface area contributed by atoms with E-state index in [1.54, 1.807) is 0 Å². The van der Waals surface area contributed by atoms with Gasteiger partial charge in [0.05, 0.1) is 17.2 Å². The highest BCUT2D eigenvalue weighted by Crippen LogP contribution is 2.59. The monoisotopic (exact) mass is 350 g/mol. The van der Waals surface area contributed by atoms with Gasteiger partial charge in [-0.3, -0.25) is 9.59 Å². The first-order valence-electron chi connectivity index (χ1n) is 9.02. The van der Waals surface area contributed by atoms with Crippen molar-refractivity contribution in [3.05, 3.63) is 60.2 Å². The molecule has 5 heteroatoms. The highest BCUT2D eigenvalue weighted by molar-refractivity contribution is 6.00. The number of carbonyl (C=O) groups excluding carboxylic acids is 1. The number of piperidine rings is 1. The van der Waals surface area contributed by atoms with Gasteiger partial charge in [0, 0.05) is 18.8 Å². The summed E-state index contributed by atoms with van der Waals surface area (Å²) in [4.78, 5) is 26.1. The topological polar surface area (TPSA) is 69.6 Å². The number of nitrogens with zero attached hydrogens (tertiary/aromatic N) is 1. The molecule has 2 fully saturated rings. The maximum Gasteiger partial charge on any atom is 0.307 e. The predicted octanol–water partition coefficient (Wildman–Crippen LogP) is 3.76. The molecule has 134 valence electrons. The molecular formula is C21H22N2O3. The third-order valence-corrected chi connectivity index (χ3v) is 5.74. The van der Waals surface area contributed by atoms with Crippen LogP contribution in [0.4, 0.5) is 11.4 Å². The Morgan fingerprint density at radius 1 is 1.00 bits per heavy atom. The van der Waals surface area contributed by atoms with E-state index in [0.717, 1.165) is 30.6 Å². The van der Waals surface area contributed by atoms with Gasteiger partial charge in [0.1, 0.15) is 0 Å². The van der Waals surface area contributed by atoms with Crippen LogP contribution in [0.3, 0.4) is 0 Å². The number of para-hydroxylation sites is 2. The molecule has 1 aliphatic heterocycles. The van der Waals surface area contributed by atoms with Crippen LogP contribution in [-0.4, -0.2) is 35.0 Å². The minimum atomic E-state index is -0.692. The lowest BCUT2D eigenvalue weighted by Gasteiger charge is -2.33. The summed E-state index contributed by atoms with van der Waals surface area (Å²) in [7, 11) is 0. The fraction of sp³-hybridized carbons (Fsp3) is 0.333. The van der Waals surface area contributed by atoms with E-state index >= 15 is 0 Å². The van der Waals surface area contributed by atoms with Gasteiger partial charge >= 0.3 is 5.97 Å². The number of carboxylic acid groups (broad SMARTS) is 1. The predicted molar refractivity (Wildman–Crippen MR) is 99.5 cm³/mol. The molecule has 0 radical (unpaired) electrons. The fourth-order valence-electron chi connectivity index (χ4n) is 4.03. The minimum absolute atomic E-state index is 0.00593. The van der Waals surface area contributed by atoms with Crippen molar-refractivity contribution >= 4 is 23.3 Å². The number of likely N-dealkylation sites (tertiary alicyclic amines) is 1. The first-order chi connectivity index (χ1) is 12.6. The molecule has 1 unspecified atom stereocenters. The standard InChI is InChI=1S/C21H22N2O3/c24-19(23-12-10-21(11-13-23)14-17(21)20(25)26)16-8-4-5-9-18(16)22-15-6-2-1-3-7-15/h1-9,17,22H,10-14H2,(H,25,26). The van der Waals surface area contributed by atoms with E-state index in [9.17, 15) is 14.7 Å². The fourth-order valence-corrected chi connectivity index (χ4v) is 4.03. The van der Waals surface area contributed by atoms with Crippen molar-refractivity contribution < 1.29 is 14.7 Å². The van der Waals surface area contributed by atoms with Gasteiger partial charge in [-0.25, -0.2) is 0 Å². The van der Waals surface area contributed by atoms with Crippen molar-refractivity contribution in [2.75, 3.05) is 18.4 Å². The molecule has 1 atom stereocenters. The molecule has 1 amide bonds. The van der Waals surface area contributed by atoms with Gasteiger partial charge < -0.3 is 15.3 Å². The number of rotatable bonds is 4. The Morgan fingerprint density at radius 2 is 1.65 bits per heavy atom. The van der Waals surface area contributed by atoms with Gasteiger partial charge in [-0.15, -0.1) is 0 Å². The SMILES string of the molecule is O=C(O)C1CC12CCN(C(=O)c1ccccc1Nc1ccccc1)CC2. The molecule has 0 bridgehead atoms. The Morgan fingerprint density at radius 3 is 2.31 bits per heavy atom. The summed E-state index contributed by atoms with van der Waals surface area (Å²) in [5.41, 5.74) is 2.31. The molecule has 1 aliphatic carbocycles. The summed E-state index contributed by atoms with van der Waals surface area (Å²) in [6.07, 6.45) is 2.32. The molecule has 5 nitrogen and oxygen atoms in total. The number of amides is 1. The van der Waals surface area contributed by atoms with Crippen LogP contribution in [0.15, 0.2) is 54.6 Å². The molecule has 2 aliphatic rings. The van der Waals surface area contributed by atoms with Gasteiger partial charge in [0.15, 0.2) is 0 Å². The van der Waals surface area contributed by atoms with Crippen LogP contribution in [0.5, 0.6) is 0 Å². The zero-order chi connectivity index (χ0) is 18.1. The van der Waals surface area contributed by atoms with Crippen LogP contribution in [0.1, 0.15) is 29.6 Å². The molecule has 1 spiro atoms. The maximum absolute atomic E-state index is 13.0. The highest BCUT2D eigenvalue weighted by atomic mass is 16.4. The van der Waals surface area contributed by atoms with Crippen molar-refractivity contribution in [3.63, 3.8) is 0 Å². The van der Waals surface area contributed by atoms with Gasteiger partial charge in [-0.2, -0.15) is 0 Å². The summed E-state index contributed by atoms with van der Waals surface area (Å²) in [5, 5.41) is 12.5. The number of hydrogen-bond acceptors (Lipinski definition) is 3. The van der Waals surface area contributed by atoms with Gasteiger partial charge in [0.25, 0.3) is 5.91 Å². The normalized spacial score (nSPS) is 20.6. The number of carboxylic acids is 1. The Hall–Kier alpha value is -2.82. The van der Waals surface area contributed by atoms with E-state index < -0.39 is 5.97 Å². The van der Waals surface area contributed by atoms with Crippen LogP contribution < -0.4 is 5.32 Å². The zero-order valence-electron chi connectivity index (χ0n) is 14.5. The lowest BCUT2D eigenvalue weighted by Crippen LogP contribution is -2.40. The maximum atomic E-state index is 13.0. The Balaban J connectivity index is 1.47. The first kappa shape index (κ1) is 16.6. The molecule has 0 aromatic heterocycles. The summed E-state index contributed by atoms with van der Waals surface area (Å²) in [6.45, 7) is 1.25. The minimum Gasteiger partial charge on any atom is -0.481 e. The molecule has 2 aromatic carbocycles. The second-order valence-electron chi connectivity index (χ2n) is 7.29. The van der Waals surface area contributed by atoms with Crippen LogP contribution >= 0.6 is 0 Å². The molecular weight excluding hydrogens is 328 g/mol. The summed E-state index contributed by atoms with van der Waals surface area (Å²) < 4.78 is 0. The molecule has 1 heterocycles. The Kier molecular flexibility index (Phi) is 4.15. The van der Waals surface area contributed by atoms with Crippen molar-refractivity contribution in [1.29, 1.82) is 0 Å². The van der Waals surface area contributed by atoms with Gasteiger partial charge in [-0.05, 0) is 48.9 Å². The largest absolute Gasteiger partial charge is 0.481 e. The van der Waals surface area contributed by atoms with E-state index in [1.165, 1.54) is 0 Å². The lowest BCUT2D eigenvalue weighted by atomic mass is 9.90. The van der Waals surface area contributed by atoms with E-state index in [2.05, 4.69) is 5.32 Å². The molecule has 1 saturated heterocycles. The number of benzene rings is 2. The van der Waals surface area contributed by atoms with Crippen molar-refractivity contribution in [1.82, 2.24) is 4.90 Å². The highest BCUT2D eigenvalue weighted by Gasteiger charge is 2.59. The number of hydrogen-bond donors (Lipinski definition) is 2. The van der Waals surface area contributed by atoms with Gasteiger partial charge in [-0.1, -0.05) is 30.3 Å².